The summed E-state index contributed by atoms with van der Waals surface area (Å²) in [5, 5.41) is 43.9. The van der Waals surface area contributed by atoms with Crippen molar-refractivity contribution in [2.24, 2.45) is 5.92 Å². The predicted molar refractivity (Wildman–Crippen MR) is 141 cm³/mol. The number of benzene rings is 2. The largest absolute Gasteiger partial charge is 0.488 e. The molecule has 0 spiro atoms. The summed E-state index contributed by atoms with van der Waals surface area (Å²) in [4.78, 5) is 11.7. The molecule has 1 saturated carbocycles. The van der Waals surface area contributed by atoms with E-state index in [0.29, 0.717) is 18.4 Å². The van der Waals surface area contributed by atoms with Gasteiger partial charge in [0.05, 0.1) is 28.7 Å². The van der Waals surface area contributed by atoms with Crippen molar-refractivity contribution in [1.82, 2.24) is 5.32 Å². The van der Waals surface area contributed by atoms with Crippen LogP contribution in [0.25, 0.3) is 0 Å². The second-order valence-electron chi connectivity index (χ2n) is 10.5. The Kier molecular flexibility index (Phi) is 8.49. The Labute approximate surface area is 223 Å². The molecule has 7 atom stereocenters. The van der Waals surface area contributed by atoms with Crippen molar-refractivity contribution in [3.63, 3.8) is 0 Å². The first-order valence-electron chi connectivity index (χ1n) is 13.1. The maximum absolute atomic E-state index is 13.9. The van der Waals surface area contributed by atoms with Gasteiger partial charge >= 0.3 is 5.97 Å². The van der Waals surface area contributed by atoms with E-state index in [-0.39, 0.29) is 28.9 Å². The van der Waals surface area contributed by atoms with E-state index < -0.39 is 51.7 Å². The summed E-state index contributed by atoms with van der Waals surface area (Å²) in [6, 6.07) is 14.0. The summed E-state index contributed by atoms with van der Waals surface area (Å²) >= 11 is 0. The van der Waals surface area contributed by atoms with E-state index in [1.54, 1.807) is 12.1 Å². The second kappa shape index (κ2) is 11.3. The Balaban J connectivity index is 1.75. The minimum atomic E-state index is -3.78. The van der Waals surface area contributed by atoms with Crippen molar-refractivity contribution >= 4 is 15.8 Å². The van der Waals surface area contributed by atoms with Gasteiger partial charge in [0.1, 0.15) is 24.1 Å². The number of aliphatic hydroxyl groups is 3. The third-order valence-corrected chi connectivity index (χ3v) is 9.91. The van der Waals surface area contributed by atoms with Crippen molar-refractivity contribution in [1.29, 1.82) is 0 Å². The van der Waals surface area contributed by atoms with E-state index in [4.69, 9.17) is 4.74 Å². The number of aliphatic carboxylic acids is 1. The van der Waals surface area contributed by atoms with E-state index in [9.17, 15) is 33.6 Å². The molecule has 1 heterocycles. The normalized spacial score (nSPS) is 32.7. The smallest absolute Gasteiger partial charge is 0.309 e. The number of rotatable bonds is 8. The Morgan fingerprint density at radius 3 is 2.39 bits per heavy atom. The van der Waals surface area contributed by atoms with Crippen LogP contribution in [0, 0.1) is 5.92 Å². The summed E-state index contributed by atoms with van der Waals surface area (Å²) in [7, 11) is -3.78. The Bertz CT molecular complexity index is 1240. The minimum absolute atomic E-state index is 0.0890. The molecule has 208 valence electrons. The number of hydrogen-bond donors (Lipinski definition) is 5. The quantitative estimate of drug-likeness (QED) is 0.335. The van der Waals surface area contributed by atoms with Crippen LogP contribution in [0.1, 0.15) is 63.1 Å². The summed E-state index contributed by atoms with van der Waals surface area (Å²) in [5.41, 5.74) is 0.876. The number of nitrogens with one attached hydrogen (secondary N) is 1. The van der Waals surface area contributed by atoms with Gasteiger partial charge in [-0.25, -0.2) is 8.42 Å². The molecule has 7 unspecified atom stereocenters. The number of carboxylic acid groups (broad SMARTS) is 1. The molecule has 0 saturated heterocycles. The topological polar surface area (TPSA) is 153 Å². The van der Waals surface area contributed by atoms with Gasteiger partial charge in [0, 0.05) is 12.0 Å². The average Bonchev–Trinajstić information content (AvgIpc) is 3.00. The summed E-state index contributed by atoms with van der Waals surface area (Å²) < 4.78 is 33.6. The minimum Gasteiger partial charge on any atom is -0.488 e. The summed E-state index contributed by atoms with van der Waals surface area (Å²) in [6.45, 7) is 4.07. The van der Waals surface area contributed by atoms with Crippen molar-refractivity contribution in [2.45, 2.75) is 86.8 Å². The van der Waals surface area contributed by atoms with Gasteiger partial charge in [-0.3, -0.25) is 10.1 Å². The first kappa shape index (κ1) is 28.5. The van der Waals surface area contributed by atoms with Gasteiger partial charge in [0.25, 0.3) is 0 Å². The zero-order valence-corrected chi connectivity index (χ0v) is 22.5. The molecule has 0 bridgehead atoms. The fraction of sp³-hybridized carbons (Fsp3) is 0.536. The van der Waals surface area contributed by atoms with E-state index in [1.807, 2.05) is 37.3 Å². The molecule has 1 fully saturated rings. The molecule has 0 radical (unpaired) electrons. The van der Waals surface area contributed by atoms with Crippen LogP contribution in [-0.2, 0) is 14.6 Å². The molecular weight excluding hydrogens is 510 g/mol. The van der Waals surface area contributed by atoms with Crippen LogP contribution < -0.4 is 10.1 Å². The molecule has 10 heteroatoms. The highest BCUT2D eigenvalue weighted by Crippen LogP contribution is 2.40. The SMILES string of the molecule is CCCCC1(CC)CS(=O)(=O)c2cc(OC3CC(C(=O)O)C(O)C(O)C3O)ccc2C(c2ccccc2)N1. The van der Waals surface area contributed by atoms with Crippen molar-refractivity contribution in [2.75, 3.05) is 5.75 Å². The average molecular weight is 548 g/mol. The lowest BCUT2D eigenvalue weighted by Gasteiger charge is -2.38. The number of sulfone groups is 1. The molecule has 0 aromatic heterocycles. The number of carboxylic acids is 1. The maximum atomic E-state index is 13.9. The fourth-order valence-corrected chi connectivity index (χ4v) is 7.80. The molecule has 4 rings (SSSR count). The number of ether oxygens (including phenoxy) is 1. The lowest BCUT2D eigenvalue weighted by atomic mass is 9.81. The predicted octanol–water partition coefficient (Wildman–Crippen LogP) is 2.43. The van der Waals surface area contributed by atoms with Crippen LogP contribution in [0.3, 0.4) is 0 Å². The van der Waals surface area contributed by atoms with E-state index in [0.717, 1.165) is 18.4 Å². The Morgan fingerprint density at radius 1 is 1.05 bits per heavy atom. The highest BCUT2D eigenvalue weighted by molar-refractivity contribution is 7.91. The zero-order chi connectivity index (χ0) is 27.7. The van der Waals surface area contributed by atoms with E-state index in [1.165, 1.54) is 6.07 Å². The van der Waals surface area contributed by atoms with Gasteiger partial charge in [-0.15, -0.1) is 0 Å². The van der Waals surface area contributed by atoms with Gasteiger partial charge in [0.2, 0.25) is 0 Å². The van der Waals surface area contributed by atoms with Gasteiger partial charge in [-0.05, 0) is 36.1 Å². The molecule has 0 amide bonds. The second-order valence-corrected chi connectivity index (χ2v) is 12.5. The number of carbonyl (C=O) groups is 1. The van der Waals surface area contributed by atoms with Gasteiger partial charge < -0.3 is 25.2 Å². The molecule has 5 N–H and O–H groups in total. The summed E-state index contributed by atoms with van der Waals surface area (Å²) in [6.07, 6.45) is -3.16. The van der Waals surface area contributed by atoms with Crippen LogP contribution >= 0.6 is 0 Å². The number of aliphatic hydroxyl groups excluding tert-OH is 3. The number of unbranched alkanes of at least 4 members (excludes halogenated alkanes) is 1. The molecular formula is C28H37NO8S. The monoisotopic (exact) mass is 547 g/mol. The first-order valence-corrected chi connectivity index (χ1v) is 14.8. The molecule has 9 nitrogen and oxygen atoms in total. The van der Waals surface area contributed by atoms with Gasteiger partial charge in [-0.1, -0.05) is 63.1 Å². The third-order valence-electron chi connectivity index (χ3n) is 7.95. The first-order chi connectivity index (χ1) is 18.0. The fourth-order valence-electron chi connectivity index (χ4n) is 5.64. The third kappa shape index (κ3) is 5.60. The molecule has 2 aliphatic rings. The van der Waals surface area contributed by atoms with Crippen LogP contribution in [0.5, 0.6) is 5.75 Å². The zero-order valence-electron chi connectivity index (χ0n) is 21.7. The Morgan fingerprint density at radius 2 is 1.76 bits per heavy atom. The number of fused-ring (bicyclic) bond motifs is 1. The van der Waals surface area contributed by atoms with Crippen molar-refractivity contribution in [3.05, 3.63) is 59.7 Å². The van der Waals surface area contributed by atoms with E-state index in [2.05, 4.69) is 12.2 Å². The molecule has 2 aromatic rings. The van der Waals surface area contributed by atoms with Crippen LogP contribution in [-0.4, -0.2) is 70.5 Å². The van der Waals surface area contributed by atoms with Crippen LogP contribution in [0.2, 0.25) is 0 Å². The molecule has 2 aromatic carbocycles. The lowest BCUT2D eigenvalue weighted by Crippen LogP contribution is -2.57. The van der Waals surface area contributed by atoms with Crippen LogP contribution in [0.4, 0.5) is 0 Å². The van der Waals surface area contributed by atoms with Crippen LogP contribution in [0.15, 0.2) is 53.4 Å². The van der Waals surface area contributed by atoms with Crippen molar-refractivity contribution < 1.29 is 38.4 Å². The highest BCUT2D eigenvalue weighted by Gasteiger charge is 2.47. The molecule has 1 aliphatic carbocycles. The Hall–Kier alpha value is -2.50. The number of hydrogen-bond acceptors (Lipinski definition) is 8. The van der Waals surface area contributed by atoms with Gasteiger partial charge in [0.15, 0.2) is 9.84 Å². The lowest BCUT2D eigenvalue weighted by molar-refractivity contribution is -0.174. The molecule has 1 aliphatic heterocycles. The van der Waals surface area contributed by atoms with E-state index >= 15 is 0 Å². The highest BCUT2D eigenvalue weighted by atomic mass is 32.2. The molecule has 38 heavy (non-hydrogen) atoms. The van der Waals surface area contributed by atoms with Gasteiger partial charge in [-0.2, -0.15) is 0 Å². The maximum Gasteiger partial charge on any atom is 0.309 e. The van der Waals surface area contributed by atoms with Crippen molar-refractivity contribution in [3.8, 4) is 5.75 Å². The summed E-state index contributed by atoms with van der Waals surface area (Å²) in [5.74, 6) is -2.61. The standard InChI is InChI=1S/C28H37NO8S/c1-3-5-13-28(4-2)16-38(35,36)22-14-18(11-12-19(22)23(29-28)17-9-7-6-8-10-17)37-21-15-20(27(33)34)24(30)26(32)25(21)31/h6-12,14,20-21,23-26,29-32H,3-5,13,15-16H2,1-2H3,(H,33,34).